The van der Waals surface area contributed by atoms with Crippen LogP contribution < -0.4 is 10.1 Å². The lowest BCUT2D eigenvalue weighted by atomic mass is 10.1. The molecule has 0 fully saturated rings. The second kappa shape index (κ2) is 8.17. The van der Waals surface area contributed by atoms with Gasteiger partial charge in [-0.15, -0.1) is 0 Å². The maximum Gasteiger partial charge on any atom is 0.119 e. The van der Waals surface area contributed by atoms with Crippen LogP contribution in [0.15, 0.2) is 53.0 Å². The van der Waals surface area contributed by atoms with E-state index in [1.165, 1.54) is 5.56 Å². The number of ether oxygens (including phenoxy) is 1. The van der Waals surface area contributed by atoms with Crippen LogP contribution in [0.4, 0.5) is 0 Å². The minimum absolute atomic E-state index is 0.508. The van der Waals surface area contributed by atoms with Crippen LogP contribution in [0.25, 0.3) is 0 Å². The number of hydrogen-bond acceptors (Lipinski definition) is 3. The molecule has 0 radical (unpaired) electrons. The zero-order valence-corrected chi connectivity index (χ0v) is 13.6. The summed E-state index contributed by atoms with van der Waals surface area (Å²) in [6.07, 6.45) is -0.513. The van der Waals surface area contributed by atoms with Gasteiger partial charge in [0, 0.05) is 17.6 Å². The monoisotopic (exact) mass is 349 g/mol. The highest BCUT2D eigenvalue weighted by molar-refractivity contribution is 9.10. The lowest BCUT2D eigenvalue weighted by molar-refractivity contribution is 0.172. The molecule has 2 rings (SSSR count). The molecule has 0 saturated heterocycles. The fourth-order valence-electron chi connectivity index (χ4n) is 2.02. The Hall–Kier alpha value is -1.36. The van der Waals surface area contributed by atoms with Crippen molar-refractivity contribution in [2.45, 2.75) is 13.0 Å². The third-order valence-electron chi connectivity index (χ3n) is 3.11. The van der Waals surface area contributed by atoms with Gasteiger partial charge in [-0.3, -0.25) is 0 Å². The van der Waals surface area contributed by atoms with Gasteiger partial charge in [0.25, 0.3) is 0 Å². The Morgan fingerprint density at radius 1 is 1.19 bits per heavy atom. The summed E-state index contributed by atoms with van der Waals surface area (Å²) in [6, 6.07) is 15.7. The standard InChI is InChI=1S/C17H20BrNO2/c1-13-4-2-7-16(10-13)21-9-8-19-12-17(20)14-5-3-6-15(18)11-14/h2-7,10-11,17,19-20H,8-9,12H2,1H3. The van der Waals surface area contributed by atoms with Crippen LogP contribution in [0, 0.1) is 6.92 Å². The number of aryl methyl sites for hydroxylation is 1. The molecule has 1 unspecified atom stereocenters. The minimum atomic E-state index is -0.513. The van der Waals surface area contributed by atoms with Gasteiger partial charge in [0.2, 0.25) is 0 Å². The lowest BCUT2D eigenvalue weighted by Crippen LogP contribution is -2.26. The first kappa shape index (κ1) is 16.0. The number of halogens is 1. The van der Waals surface area contributed by atoms with Gasteiger partial charge in [-0.2, -0.15) is 0 Å². The van der Waals surface area contributed by atoms with Gasteiger partial charge in [0.15, 0.2) is 0 Å². The van der Waals surface area contributed by atoms with Crippen LogP contribution in [0.2, 0.25) is 0 Å². The van der Waals surface area contributed by atoms with Crippen molar-refractivity contribution in [2.24, 2.45) is 0 Å². The second-order valence-electron chi connectivity index (χ2n) is 4.94. The van der Waals surface area contributed by atoms with Gasteiger partial charge in [0.1, 0.15) is 12.4 Å². The van der Waals surface area contributed by atoms with Crippen molar-refractivity contribution in [1.82, 2.24) is 5.32 Å². The van der Waals surface area contributed by atoms with E-state index in [4.69, 9.17) is 4.74 Å². The van der Waals surface area contributed by atoms with Crippen LogP contribution in [0.3, 0.4) is 0 Å². The molecule has 4 heteroatoms. The second-order valence-corrected chi connectivity index (χ2v) is 5.86. The third kappa shape index (κ3) is 5.50. The first-order valence-electron chi connectivity index (χ1n) is 6.99. The first-order valence-corrected chi connectivity index (χ1v) is 7.78. The van der Waals surface area contributed by atoms with Gasteiger partial charge in [-0.05, 0) is 42.3 Å². The molecule has 1 atom stereocenters. The van der Waals surface area contributed by atoms with Crippen LogP contribution in [0.5, 0.6) is 5.75 Å². The van der Waals surface area contributed by atoms with Gasteiger partial charge in [-0.1, -0.05) is 40.2 Å². The van der Waals surface area contributed by atoms with E-state index in [1.807, 2.05) is 55.5 Å². The highest BCUT2D eigenvalue weighted by Crippen LogP contribution is 2.17. The Kier molecular flexibility index (Phi) is 6.23. The van der Waals surface area contributed by atoms with Crippen molar-refractivity contribution in [1.29, 1.82) is 0 Å². The average molecular weight is 350 g/mol. The van der Waals surface area contributed by atoms with E-state index in [0.717, 1.165) is 15.8 Å². The van der Waals surface area contributed by atoms with Gasteiger partial charge < -0.3 is 15.2 Å². The van der Waals surface area contributed by atoms with Gasteiger partial charge >= 0.3 is 0 Å². The number of rotatable bonds is 7. The number of aliphatic hydroxyl groups is 1. The molecule has 0 amide bonds. The largest absolute Gasteiger partial charge is 0.492 e. The predicted octanol–water partition coefficient (Wildman–Crippen LogP) is 3.46. The Morgan fingerprint density at radius 2 is 2.00 bits per heavy atom. The Balaban J connectivity index is 1.68. The molecule has 21 heavy (non-hydrogen) atoms. The molecule has 0 aromatic heterocycles. The van der Waals surface area contributed by atoms with E-state index in [2.05, 4.69) is 21.2 Å². The van der Waals surface area contributed by atoms with Crippen LogP contribution in [0.1, 0.15) is 17.2 Å². The molecule has 2 N–H and O–H groups in total. The quantitative estimate of drug-likeness (QED) is 0.752. The summed E-state index contributed by atoms with van der Waals surface area (Å²) < 4.78 is 6.62. The number of nitrogens with one attached hydrogen (secondary N) is 1. The van der Waals surface area contributed by atoms with Gasteiger partial charge in [-0.25, -0.2) is 0 Å². The van der Waals surface area contributed by atoms with E-state index >= 15 is 0 Å². The van der Waals surface area contributed by atoms with E-state index in [0.29, 0.717) is 19.7 Å². The van der Waals surface area contributed by atoms with Crippen molar-refractivity contribution in [3.8, 4) is 5.75 Å². The van der Waals surface area contributed by atoms with Crippen molar-refractivity contribution in [2.75, 3.05) is 19.7 Å². The zero-order chi connectivity index (χ0) is 15.1. The minimum Gasteiger partial charge on any atom is -0.492 e. The van der Waals surface area contributed by atoms with E-state index in [9.17, 15) is 5.11 Å². The van der Waals surface area contributed by atoms with Crippen molar-refractivity contribution in [3.05, 3.63) is 64.1 Å². The van der Waals surface area contributed by atoms with Crippen LogP contribution in [-0.4, -0.2) is 24.8 Å². The smallest absolute Gasteiger partial charge is 0.119 e. The molecule has 112 valence electrons. The van der Waals surface area contributed by atoms with E-state index < -0.39 is 6.10 Å². The predicted molar refractivity (Wildman–Crippen MR) is 88.6 cm³/mol. The molecule has 0 heterocycles. The summed E-state index contributed by atoms with van der Waals surface area (Å²) in [4.78, 5) is 0. The Labute approximate surface area is 134 Å². The summed E-state index contributed by atoms with van der Waals surface area (Å²) in [7, 11) is 0. The summed E-state index contributed by atoms with van der Waals surface area (Å²) >= 11 is 3.40. The van der Waals surface area contributed by atoms with E-state index in [-0.39, 0.29) is 0 Å². The molecule has 0 aliphatic heterocycles. The molecule has 2 aromatic rings. The van der Waals surface area contributed by atoms with E-state index in [1.54, 1.807) is 0 Å². The average Bonchev–Trinajstić information content (AvgIpc) is 2.47. The third-order valence-corrected chi connectivity index (χ3v) is 3.60. The lowest BCUT2D eigenvalue weighted by Gasteiger charge is -2.13. The van der Waals surface area contributed by atoms with Crippen LogP contribution in [-0.2, 0) is 0 Å². The molecule has 0 saturated carbocycles. The molecule has 0 bridgehead atoms. The fourth-order valence-corrected chi connectivity index (χ4v) is 2.43. The normalized spacial score (nSPS) is 12.1. The topological polar surface area (TPSA) is 41.5 Å². The molecule has 0 aliphatic rings. The molecule has 2 aromatic carbocycles. The maximum absolute atomic E-state index is 10.1. The molecular formula is C17H20BrNO2. The van der Waals surface area contributed by atoms with Crippen molar-refractivity contribution < 1.29 is 9.84 Å². The van der Waals surface area contributed by atoms with Crippen molar-refractivity contribution >= 4 is 15.9 Å². The fraction of sp³-hybridized carbons (Fsp3) is 0.294. The summed E-state index contributed by atoms with van der Waals surface area (Å²) in [5.74, 6) is 0.879. The van der Waals surface area contributed by atoms with Crippen molar-refractivity contribution in [3.63, 3.8) is 0 Å². The highest BCUT2D eigenvalue weighted by Gasteiger charge is 2.06. The Bertz CT molecular complexity index is 574. The SMILES string of the molecule is Cc1cccc(OCCNCC(O)c2cccc(Br)c2)c1. The first-order chi connectivity index (χ1) is 10.1. The summed E-state index contributed by atoms with van der Waals surface area (Å²) in [5.41, 5.74) is 2.09. The molecule has 3 nitrogen and oxygen atoms in total. The number of benzene rings is 2. The Morgan fingerprint density at radius 3 is 2.76 bits per heavy atom. The zero-order valence-electron chi connectivity index (χ0n) is 12.1. The van der Waals surface area contributed by atoms with Crippen LogP contribution >= 0.6 is 15.9 Å². The highest BCUT2D eigenvalue weighted by atomic mass is 79.9. The summed E-state index contributed by atoms with van der Waals surface area (Å²) in [5, 5.41) is 13.3. The molecule has 0 spiro atoms. The molecule has 0 aliphatic carbocycles. The van der Waals surface area contributed by atoms with Gasteiger partial charge in [0.05, 0.1) is 6.10 Å². The molecular weight excluding hydrogens is 330 g/mol. The number of aliphatic hydroxyl groups excluding tert-OH is 1. The number of hydrogen-bond donors (Lipinski definition) is 2. The maximum atomic E-state index is 10.1. The summed E-state index contributed by atoms with van der Waals surface area (Å²) in [6.45, 7) is 3.82.